The number of aromatic nitrogens is 3. The van der Waals surface area contributed by atoms with Crippen molar-refractivity contribution >= 4 is 22.4 Å². The van der Waals surface area contributed by atoms with Crippen molar-refractivity contribution in [1.29, 1.82) is 0 Å². The molecule has 2 heterocycles. The topological polar surface area (TPSA) is 78.3 Å². The van der Waals surface area contributed by atoms with Crippen LogP contribution in [0.15, 0.2) is 29.6 Å². The normalized spacial score (nSPS) is 10.6. The molecule has 2 aromatic heterocycles. The summed E-state index contributed by atoms with van der Waals surface area (Å²) in [7, 11) is 4.99. The average molecular weight is 358 g/mol. The van der Waals surface area contributed by atoms with Crippen molar-refractivity contribution < 1.29 is 14.3 Å². The molecule has 0 unspecified atom stereocenters. The number of ether oxygens (including phenoxy) is 2. The van der Waals surface area contributed by atoms with Gasteiger partial charge in [0.05, 0.1) is 19.9 Å². The van der Waals surface area contributed by atoms with Crippen LogP contribution in [0.1, 0.15) is 16.2 Å². The summed E-state index contributed by atoms with van der Waals surface area (Å²) in [5.74, 6) is 1.07. The second-order valence-corrected chi connectivity index (χ2v) is 6.21. The zero-order valence-corrected chi connectivity index (χ0v) is 15.2. The van der Waals surface area contributed by atoms with Gasteiger partial charge in [0.25, 0.3) is 5.91 Å². The number of nitrogens with zero attached hydrogens (tertiary/aromatic N) is 3. The van der Waals surface area contributed by atoms with E-state index < -0.39 is 0 Å². The second-order valence-electron chi connectivity index (χ2n) is 5.35. The second kappa shape index (κ2) is 6.94. The van der Waals surface area contributed by atoms with Crippen molar-refractivity contribution in [2.75, 3.05) is 19.5 Å². The number of amides is 1. The predicted octanol–water partition coefficient (Wildman–Crippen LogP) is 3.12. The Morgan fingerprint density at radius 3 is 2.68 bits per heavy atom. The number of anilines is 1. The van der Waals surface area contributed by atoms with Gasteiger partial charge in [-0.3, -0.25) is 14.8 Å². The molecule has 1 N–H and O–H groups in total. The highest BCUT2D eigenvalue weighted by Gasteiger charge is 2.15. The highest BCUT2D eigenvalue weighted by Crippen LogP contribution is 2.34. The number of benzene rings is 1. The van der Waals surface area contributed by atoms with Gasteiger partial charge in [0.15, 0.2) is 10.8 Å². The number of carbonyl (C=O) groups excluding carboxylic acids is 1. The van der Waals surface area contributed by atoms with Gasteiger partial charge in [-0.15, -0.1) is 11.3 Å². The predicted molar refractivity (Wildman–Crippen MR) is 96.6 cm³/mol. The SMILES string of the molecule is COc1ccc(-c2csc(NC(=O)c3cc(C)n(C)n3)n2)c(OC)c1. The Hall–Kier alpha value is -2.87. The van der Waals surface area contributed by atoms with Crippen molar-refractivity contribution in [3.8, 4) is 22.8 Å². The number of rotatable bonds is 5. The Kier molecular flexibility index (Phi) is 4.71. The molecule has 0 saturated heterocycles. The van der Waals surface area contributed by atoms with E-state index in [1.165, 1.54) is 11.3 Å². The van der Waals surface area contributed by atoms with Crippen LogP contribution in [0.25, 0.3) is 11.3 Å². The molecule has 0 aliphatic carbocycles. The molecule has 0 fully saturated rings. The Bertz CT molecular complexity index is 897. The highest BCUT2D eigenvalue weighted by molar-refractivity contribution is 7.14. The average Bonchev–Trinajstić information content (AvgIpc) is 3.21. The van der Waals surface area contributed by atoms with Gasteiger partial charge in [-0.25, -0.2) is 4.98 Å². The molecule has 1 aromatic carbocycles. The van der Waals surface area contributed by atoms with E-state index in [0.29, 0.717) is 22.3 Å². The third-order valence-electron chi connectivity index (χ3n) is 3.76. The van der Waals surface area contributed by atoms with Crippen LogP contribution in [-0.4, -0.2) is 34.9 Å². The first-order chi connectivity index (χ1) is 12.0. The van der Waals surface area contributed by atoms with E-state index in [2.05, 4.69) is 15.4 Å². The summed E-state index contributed by atoms with van der Waals surface area (Å²) in [6.07, 6.45) is 0. The molecule has 0 atom stereocenters. The van der Waals surface area contributed by atoms with Crippen molar-refractivity contribution in [3.63, 3.8) is 0 Å². The van der Waals surface area contributed by atoms with Gasteiger partial charge in [0.2, 0.25) is 0 Å². The van der Waals surface area contributed by atoms with Crippen LogP contribution in [0.2, 0.25) is 0 Å². The summed E-state index contributed by atoms with van der Waals surface area (Å²) in [5, 5.41) is 9.31. The third-order valence-corrected chi connectivity index (χ3v) is 4.51. The monoisotopic (exact) mass is 358 g/mol. The Balaban J connectivity index is 1.82. The summed E-state index contributed by atoms with van der Waals surface area (Å²) >= 11 is 1.34. The van der Waals surface area contributed by atoms with Crippen molar-refractivity contribution in [2.45, 2.75) is 6.92 Å². The Morgan fingerprint density at radius 1 is 1.24 bits per heavy atom. The van der Waals surface area contributed by atoms with Gasteiger partial charge in [-0.1, -0.05) is 0 Å². The van der Waals surface area contributed by atoms with Crippen LogP contribution in [0.4, 0.5) is 5.13 Å². The van der Waals surface area contributed by atoms with Crippen LogP contribution in [-0.2, 0) is 7.05 Å². The number of hydrogen-bond acceptors (Lipinski definition) is 6. The molecule has 7 nitrogen and oxygen atoms in total. The fourth-order valence-corrected chi connectivity index (χ4v) is 3.00. The zero-order chi connectivity index (χ0) is 18.0. The Labute approximate surface area is 149 Å². The third kappa shape index (κ3) is 3.48. The van der Waals surface area contributed by atoms with Crippen LogP contribution >= 0.6 is 11.3 Å². The first-order valence-electron chi connectivity index (χ1n) is 7.51. The number of nitrogens with one attached hydrogen (secondary N) is 1. The van der Waals surface area contributed by atoms with E-state index in [0.717, 1.165) is 17.0 Å². The first kappa shape index (κ1) is 17.0. The van der Waals surface area contributed by atoms with Gasteiger partial charge >= 0.3 is 0 Å². The van der Waals surface area contributed by atoms with E-state index >= 15 is 0 Å². The minimum Gasteiger partial charge on any atom is -0.497 e. The molecule has 3 aromatic rings. The quantitative estimate of drug-likeness (QED) is 0.758. The number of hydrogen-bond donors (Lipinski definition) is 1. The molecule has 0 radical (unpaired) electrons. The molecule has 3 rings (SSSR count). The summed E-state index contributed by atoms with van der Waals surface area (Å²) in [6.45, 7) is 1.89. The van der Waals surface area contributed by atoms with E-state index in [1.54, 1.807) is 38.1 Å². The number of carbonyl (C=O) groups is 1. The van der Waals surface area contributed by atoms with Crippen molar-refractivity contribution in [2.24, 2.45) is 7.05 Å². The largest absolute Gasteiger partial charge is 0.497 e. The molecule has 8 heteroatoms. The van der Waals surface area contributed by atoms with Gasteiger partial charge in [-0.2, -0.15) is 5.10 Å². The zero-order valence-electron chi connectivity index (χ0n) is 14.4. The smallest absolute Gasteiger partial charge is 0.277 e. The van der Waals surface area contributed by atoms with Crippen LogP contribution in [0, 0.1) is 6.92 Å². The van der Waals surface area contributed by atoms with E-state index in [4.69, 9.17) is 9.47 Å². The standard InChI is InChI=1S/C17H18N4O3S/c1-10-7-13(20-21(10)2)16(22)19-17-18-14(9-25-17)12-6-5-11(23-3)8-15(12)24-4/h5-9H,1-4H3,(H,18,19,22). The van der Waals surface area contributed by atoms with Crippen LogP contribution in [0.3, 0.4) is 0 Å². The number of thiazole rings is 1. The maximum atomic E-state index is 12.3. The van der Waals surface area contributed by atoms with Gasteiger partial charge in [0.1, 0.15) is 11.5 Å². The fraction of sp³-hybridized carbons (Fsp3) is 0.235. The number of methoxy groups -OCH3 is 2. The molecule has 0 aliphatic heterocycles. The summed E-state index contributed by atoms with van der Waals surface area (Å²) in [6, 6.07) is 7.24. The minimum absolute atomic E-state index is 0.286. The molecule has 1 amide bonds. The molecule has 0 bridgehead atoms. The maximum Gasteiger partial charge on any atom is 0.277 e. The van der Waals surface area contributed by atoms with Gasteiger partial charge in [-0.05, 0) is 25.1 Å². The molecular weight excluding hydrogens is 340 g/mol. The summed E-state index contributed by atoms with van der Waals surface area (Å²) in [4.78, 5) is 16.7. The molecule has 0 spiro atoms. The minimum atomic E-state index is -0.286. The van der Waals surface area contributed by atoms with Gasteiger partial charge < -0.3 is 9.47 Å². The lowest BCUT2D eigenvalue weighted by atomic mass is 10.1. The summed E-state index contributed by atoms with van der Waals surface area (Å²) < 4.78 is 12.3. The number of aryl methyl sites for hydroxylation is 2. The molecular formula is C17H18N4O3S. The molecule has 130 valence electrons. The lowest BCUT2D eigenvalue weighted by Crippen LogP contribution is -2.12. The lowest BCUT2D eigenvalue weighted by Gasteiger charge is -2.08. The highest BCUT2D eigenvalue weighted by atomic mass is 32.1. The molecule has 25 heavy (non-hydrogen) atoms. The molecule has 0 aliphatic rings. The van der Waals surface area contributed by atoms with E-state index in [1.807, 2.05) is 24.4 Å². The van der Waals surface area contributed by atoms with Crippen molar-refractivity contribution in [3.05, 3.63) is 41.0 Å². The first-order valence-corrected chi connectivity index (χ1v) is 8.39. The van der Waals surface area contributed by atoms with Crippen molar-refractivity contribution in [1.82, 2.24) is 14.8 Å². The lowest BCUT2D eigenvalue weighted by molar-refractivity contribution is 0.102. The van der Waals surface area contributed by atoms with Gasteiger partial charge in [0, 0.05) is 29.8 Å². The van der Waals surface area contributed by atoms with E-state index in [9.17, 15) is 4.79 Å². The van der Waals surface area contributed by atoms with E-state index in [-0.39, 0.29) is 5.91 Å². The summed E-state index contributed by atoms with van der Waals surface area (Å²) in [5.41, 5.74) is 2.82. The maximum absolute atomic E-state index is 12.3. The molecule has 0 saturated carbocycles. The van der Waals surface area contributed by atoms with Crippen LogP contribution in [0.5, 0.6) is 11.5 Å². The Morgan fingerprint density at radius 2 is 2.04 bits per heavy atom. The van der Waals surface area contributed by atoms with Crippen LogP contribution < -0.4 is 14.8 Å². The fourth-order valence-electron chi connectivity index (χ4n) is 2.30.